The van der Waals surface area contributed by atoms with Gasteiger partial charge in [0, 0.05) is 18.6 Å². The fraction of sp³-hybridized carbons (Fsp3) is 0.462. The fourth-order valence-electron chi connectivity index (χ4n) is 2.29. The first-order valence-electron chi connectivity index (χ1n) is 5.64. The van der Waals surface area contributed by atoms with Crippen LogP contribution in [0.25, 0.3) is 0 Å². The van der Waals surface area contributed by atoms with Crippen LogP contribution in [0, 0.1) is 5.82 Å². The zero-order valence-corrected chi connectivity index (χ0v) is 9.49. The van der Waals surface area contributed by atoms with Crippen molar-refractivity contribution >= 4 is 6.08 Å². The van der Waals surface area contributed by atoms with Crippen LogP contribution in [0.1, 0.15) is 18.4 Å². The van der Waals surface area contributed by atoms with Gasteiger partial charge in [0.15, 0.2) is 0 Å². The van der Waals surface area contributed by atoms with Gasteiger partial charge in [0.05, 0.1) is 6.54 Å². The van der Waals surface area contributed by atoms with Crippen molar-refractivity contribution in [3.63, 3.8) is 0 Å². The molecule has 1 aromatic rings. The van der Waals surface area contributed by atoms with Crippen molar-refractivity contribution in [2.45, 2.75) is 18.3 Å². The van der Waals surface area contributed by atoms with Gasteiger partial charge in [-0.25, -0.2) is 14.2 Å². The number of rotatable bonds is 3. The van der Waals surface area contributed by atoms with Gasteiger partial charge in [-0.1, -0.05) is 12.1 Å². The lowest BCUT2D eigenvalue weighted by atomic mass is 9.74. The minimum atomic E-state index is -0.255. The second kappa shape index (κ2) is 5.21. The van der Waals surface area contributed by atoms with Crippen LogP contribution < -0.4 is 0 Å². The summed E-state index contributed by atoms with van der Waals surface area (Å²) in [6.07, 6.45) is 3.17. The Balaban J connectivity index is 2.31. The van der Waals surface area contributed by atoms with Crippen molar-refractivity contribution in [3.05, 3.63) is 35.6 Å². The molecule has 1 aromatic carbocycles. The predicted molar refractivity (Wildman–Crippen MR) is 61.1 cm³/mol. The van der Waals surface area contributed by atoms with Gasteiger partial charge in [-0.3, -0.25) is 0 Å². The highest BCUT2D eigenvalue weighted by atomic mass is 19.1. The first-order chi connectivity index (χ1) is 8.27. The van der Waals surface area contributed by atoms with Crippen LogP contribution in [0.15, 0.2) is 29.3 Å². The summed E-state index contributed by atoms with van der Waals surface area (Å²) in [5.41, 5.74) is 0.810. The van der Waals surface area contributed by atoms with E-state index in [0.717, 1.165) is 18.4 Å². The lowest BCUT2D eigenvalue weighted by molar-refractivity contribution is 0.0531. The summed E-state index contributed by atoms with van der Waals surface area (Å²) >= 11 is 0. The van der Waals surface area contributed by atoms with Crippen LogP contribution in [0.5, 0.6) is 0 Å². The normalized spacial score (nSPS) is 18.4. The Morgan fingerprint density at radius 2 is 1.94 bits per heavy atom. The quantitative estimate of drug-likeness (QED) is 0.595. The van der Waals surface area contributed by atoms with E-state index < -0.39 is 0 Å². The molecule has 4 heteroatoms. The van der Waals surface area contributed by atoms with E-state index in [1.807, 2.05) is 0 Å². The standard InChI is InChI=1S/C13H14FNO2/c14-12-3-1-11(2-4-12)13(9-15-10-16)5-7-17-8-6-13/h1-4H,5-9H2. The van der Waals surface area contributed by atoms with Crippen molar-refractivity contribution in [1.82, 2.24) is 0 Å². The number of halogens is 1. The van der Waals surface area contributed by atoms with Crippen LogP contribution in [-0.2, 0) is 14.9 Å². The molecule has 1 aliphatic rings. The molecule has 0 unspecified atom stereocenters. The van der Waals surface area contributed by atoms with Gasteiger partial charge in [0.1, 0.15) is 5.82 Å². The van der Waals surface area contributed by atoms with Gasteiger partial charge in [-0.15, -0.1) is 0 Å². The van der Waals surface area contributed by atoms with E-state index in [1.54, 1.807) is 18.2 Å². The summed E-state index contributed by atoms with van der Waals surface area (Å²) in [7, 11) is 0. The Kier molecular flexibility index (Phi) is 3.67. The van der Waals surface area contributed by atoms with Gasteiger partial charge in [0.25, 0.3) is 0 Å². The van der Waals surface area contributed by atoms with E-state index >= 15 is 0 Å². The largest absolute Gasteiger partial charge is 0.381 e. The third kappa shape index (κ3) is 2.60. The van der Waals surface area contributed by atoms with E-state index in [1.165, 1.54) is 12.1 Å². The molecule has 1 aliphatic heterocycles. The molecule has 0 N–H and O–H groups in total. The SMILES string of the molecule is O=C=NCC1(c2ccc(F)cc2)CCOCC1. The monoisotopic (exact) mass is 235 g/mol. The highest BCUT2D eigenvalue weighted by Gasteiger charge is 2.34. The fourth-order valence-corrected chi connectivity index (χ4v) is 2.29. The third-order valence-electron chi connectivity index (χ3n) is 3.35. The summed E-state index contributed by atoms with van der Waals surface area (Å²) < 4.78 is 18.3. The number of isocyanates is 1. The number of hydrogen-bond donors (Lipinski definition) is 0. The van der Waals surface area contributed by atoms with Crippen LogP contribution >= 0.6 is 0 Å². The maximum absolute atomic E-state index is 12.9. The van der Waals surface area contributed by atoms with Crippen molar-refractivity contribution in [2.75, 3.05) is 19.8 Å². The zero-order valence-electron chi connectivity index (χ0n) is 9.49. The second-order valence-corrected chi connectivity index (χ2v) is 4.31. The molecule has 1 fully saturated rings. The van der Waals surface area contributed by atoms with Crippen LogP contribution in [0.4, 0.5) is 4.39 Å². The average molecular weight is 235 g/mol. The van der Waals surface area contributed by atoms with Gasteiger partial charge in [-0.05, 0) is 30.5 Å². The predicted octanol–water partition coefficient (Wildman–Crippen LogP) is 2.21. The average Bonchev–Trinajstić information content (AvgIpc) is 2.38. The topological polar surface area (TPSA) is 38.7 Å². The molecule has 90 valence electrons. The van der Waals surface area contributed by atoms with Crippen LogP contribution in [-0.4, -0.2) is 25.8 Å². The molecule has 17 heavy (non-hydrogen) atoms. The van der Waals surface area contributed by atoms with E-state index in [4.69, 9.17) is 4.74 Å². The minimum Gasteiger partial charge on any atom is -0.381 e. The van der Waals surface area contributed by atoms with Gasteiger partial charge >= 0.3 is 0 Å². The Bertz CT molecular complexity index is 418. The maximum atomic E-state index is 12.9. The second-order valence-electron chi connectivity index (χ2n) is 4.31. The number of carbonyl (C=O) groups excluding carboxylic acids is 1. The summed E-state index contributed by atoms with van der Waals surface area (Å²) in [6, 6.07) is 6.41. The number of aliphatic imine (C=N–C) groups is 1. The Morgan fingerprint density at radius 3 is 2.53 bits per heavy atom. The Labute approximate surface area is 99.3 Å². The van der Waals surface area contributed by atoms with E-state index in [9.17, 15) is 9.18 Å². The number of ether oxygens (including phenoxy) is 1. The molecule has 3 nitrogen and oxygen atoms in total. The number of hydrogen-bond acceptors (Lipinski definition) is 3. The summed E-state index contributed by atoms with van der Waals surface area (Å²) in [5.74, 6) is -0.255. The summed E-state index contributed by atoms with van der Waals surface area (Å²) in [5, 5.41) is 0. The minimum absolute atomic E-state index is 0.205. The highest BCUT2D eigenvalue weighted by molar-refractivity contribution is 5.35. The molecule has 0 aromatic heterocycles. The van der Waals surface area contributed by atoms with Crippen molar-refractivity contribution in [2.24, 2.45) is 4.99 Å². The first-order valence-corrected chi connectivity index (χ1v) is 5.64. The molecule has 1 saturated heterocycles. The Morgan fingerprint density at radius 1 is 1.29 bits per heavy atom. The maximum Gasteiger partial charge on any atom is 0.234 e. The van der Waals surface area contributed by atoms with Crippen molar-refractivity contribution < 1.29 is 13.9 Å². The van der Waals surface area contributed by atoms with E-state index in [2.05, 4.69) is 4.99 Å². The smallest absolute Gasteiger partial charge is 0.234 e. The van der Waals surface area contributed by atoms with Crippen molar-refractivity contribution in [1.29, 1.82) is 0 Å². The van der Waals surface area contributed by atoms with E-state index in [0.29, 0.717) is 19.8 Å². The van der Waals surface area contributed by atoms with Gasteiger partial charge < -0.3 is 4.74 Å². The molecule has 2 rings (SSSR count). The molecule has 0 bridgehead atoms. The summed E-state index contributed by atoms with van der Waals surface area (Å²) in [4.78, 5) is 14.0. The van der Waals surface area contributed by atoms with Gasteiger partial charge in [0.2, 0.25) is 6.08 Å². The molecule has 0 amide bonds. The highest BCUT2D eigenvalue weighted by Crippen LogP contribution is 2.35. The van der Waals surface area contributed by atoms with E-state index in [-0.39, 0.29) is 11.2 Å². The summed E-state index contributed by atoms with van der Waals surface area (Å²) in [6.45, 7) is 1.68. The molecule has 0 aliphatic carbocycles. The molecule has 0 atom stereocenters. The number of benzene rings is 1. The molecule has 0 radical (unpaired) electrons. The van der Waals surface area contributed by atoms with Crippen LogP contribution in [0.2, 0.25) is 0 Å². The van der Waals surface area contributed by atoms with Crippen molar-refractivity contribution in [3.8, 4) is 0 Å². The first kappa shape index (κ1) is 12.0. The third-order valence-corrected chi connectivity index (χ3v) is 3.35. The number of nitrogens with zero attached hydrogens (tertiary/aromatic N) is 1. The molecule has 0 saturated carbocycles. The lowest BCUT2D eigenvalue weighted by Gasteiger charge is -2.36. The zero-order chi connectivity index (χ0) is 12.1. The lowest BCUT2D eigenvalue weighted by Crippen LogP contribution is -2.36. The Hall–Kier alpha value is -1.51. The molecular weight excluding hydrogens is 221 g/mol. The molecular formula is C13H14FNO2. The molecule has 1 heterocycles. The van der Waals surface area contributed by atoms with Gasteiger partial charge in [-0.2, -0.15) is 0 Å². The van der Waals surface area contributed by atoms with Crippen LogP contribution in [0.3, 0.4) is 0 Å². The molecule has 0 spiro atoms.